The molecule has 1 unspecified atom stereocenters. The number of amides is 4. The fraction of sp³-hybridized carbons (Fsp3) is 0.120. The van der Waals surface area contributed by atoms with E-state index in [4.69, 9.17) is 10.5 Å². The predicted molar refractivity (Wildman–Crippen MR) is 127 cm³/mol. The third-order valence-corrected chi connectivity index (χ3v) is 6.14. The number of hydrogen-bond donors (Lipinski definition) is 4. The minimum absolute atomic E-state index is 0.0401. The summed E-state index contributed by atoms with van der Waals surface area (Å²) in [6, 6.07) is 14.9. The largest absolute Gasteiger partial charge is 0.497 e. The van der Waals surface area contributed by atoms with E-state index in [1.807, 2.05) is 0 Å². The summed E-state index contributed by atoms with van der Waals surface area (Å²) >= 11 is 0. The monoisotopic (exact) mass is 471 g/mol. The van der Waals surface area contributed by atoms with Gasteiger partial charge in [-0.3, -0.25) is 19.9 Å². The van der Waals surface area contributed by atoms with Gasteiger partial charge in [0.15, 0.2) is 11.4 Å². The number of hydrogen-bond acceptors (Lipinski definition) is 6. The van der Waals surface area contributed by atoms with E-state index in [9.17, 15) is 19.5 Å². The number of pyridine rings is 1. The zero-order valence-corrected chi connectivity index (χ0v) is 18.6. The maximum absolute atomic E-state index is 13.0. The second kappa shape index (κ2) is 8.17. The predicted octanol–water partition coefficient (Wildman–Crippen LogP) is 2.25. The number of rotatable bonds is 6. The summed E-state index contributed by atoms with van der Waals surface area (Å²) in [7, 11) is 1.54. The van der Waals surface area contributed by atoms with E-state index >= 15 is 0 Å². The van der Waals surface area contributed by atoms with Crippen molar-refractivity contribution in [1.82, 2.24) is 20.2 Å². The summed E-state index contributed by atoms with van der Waals surface area (Å²) in [5.74, 6) is -0.612. The standard InChI is InChI=1S/C25H21N5O5/c1-35-18-8-4-16-12-30(22(32)19(16)10-18)13-25(23(33)28-24(34)29-25)17-6-2-14(3-7-17)15-5-9-20(21(26)31)27-11-15/h2-12,32H,13H2,1H3,(H2,26,31)(H2,28,29,33,34). The Bertz CT molecular complexity index is 1480. The quantitative estimate of drug-likeness (QED) is 0.317. The van der Waals surface area contributed by atoms with Crippen LogP contribution in [0.5, 0.6) is 11.6 Å². The minimum atomic E-state index is -1.44. The SMILES string of the molecule is COc1ccc2cn(CC3(c4ccc(-c5ccc(C(N)=O)nc5)cc4)NC(=O)NC3=O)c(O)c2c1. The zero-order chi connectivity index (χ0) is 24.7. The van der Waals surface area contributed by atoms with Gasteiger partial charge in [-0.05, 0) is 35.4 Å². The van der Waals surface area contributed by atoms with Crippen molar-refractivity contribution < 1.29 is 24.2 Å². The van der Waals surface area contributed by atoms with Crippen molar-refractivity contribution in [1.29, 1.82) is 0 Å². The van der Waals surface area contributed by atoms with Crippen LogP contribution in [-0.2, 0) is 16.9 Å². The van der Waals surface area contributed by atoms with Crippen LogP contribution in [0.25, 0.3) is 21.9 Å². The van der Waals surface area contributed by atoms with Crippen LogP contribution in [0.15, 0.2) is 67.0 Å². The van der Waals surface area contributed by atoms with E-state index in [0.717, 1.165) is 16.5 Å². The highest BCUT2D eigenvalue weighted by molar-refractivity contribution is 6.07. The smallest absolute Gasteiger partial charge is 0.322 e. The van der Waals surface area contributed by atoms with Crippen molar-refractivity contribution in [2.75, 3.05) is 7.11 Å². The number of imide groups is 1. The Balaban J connectivity index is 1.52. The lowest BCUT2D eigenvalue weighted by Gasteiger charge is -2.27. The van der Waals surface area contributed by atoms with E-state index in [2.05, 4.69) is 15.6 Å². The number of aromatic nitrogens is 2. The van der Waals surface area contributed by atoms with Crippen LogP contribution in [0.3, 0.4) is 0 Å². The lowest BCUT2D eigenvalue weighted by Crippen LogP contribution is -2.47. The first-order valence-corrected chi connectivity index (χ1v) is 10.7. The Hall–Kier alpha value is -4.86. The molecule has 1 fully saturated rings. The molecular weight excluding hydrogens is 450 g/mol. The normalized spacial score (nSPS) is 17.3. The number of carbonyl (C=O) groups excluding carboxylic acids is 3. The number of nitrogens with zero attached hydrogens (tertiary/aromatic N) is 2. The third-order valence-electron chi connectivity index (χ3n) is 6.14. The highest BCUT2D eigenvalue weighted by Crippen LogP contribution is 2.35. The van der Waals surface area contributed by atoms with E-state index in [1.165, 1.54) is 23.9 Å². The van der Waals surface area contributed by atoms with Gasteiger partial charge < -0.3 is 25.5 Å². The summed E-state index contributed by atoms with van der Waals surface area (Å²) in [5.41, 5.74) is 6.03. The average molecular weight is 471 g/mol. The number of benzene rings is 2. The first kappa shape index (κ1) is 22.0. The van der Waals surface area contributed by atoms with Gasteiger partial charge >= 0.3 is 6.03 Å². The molecule has 2 aromatic carbocycles. The van der Waals surface area contributed by atoms with Crippen molar-refractivity contribution >= 4 is 28.6 Å². The molecule has 0 spiro atoms. The van der Waals surface area contributed by atoms with Crippen LogP contribution in [0.2, 0.25) is 0 Å². The van der Waals surface area contributed by atoms with Gasteiger partial charge in [-0.2, -0.15) is 0 Å². The van der Waals surface area contributed by atoms with E-state index in [0.29, 0.717) is 16.7 Å². The number of nitrogens with one attached hydrogen (secondary N) is 2. The fourth-order valence-corrected chi connectivity index (χ4v) is 4.28. The van der Waals surface area contributed by atoms with Crippen LogP contribution in [-0.4, -0.2) is 39.6 Å². The van der Waals surface area contributed by atoms with Crippen LogP contribution >= 0.6 is 0 Å². The molecule has 1 atom stereocenters. The van der Waals surface area contributed by atoms with Gasteiger partial charge in [-0.25, -0.2) is 4.79 Å². The molecule has 5 N–H and O–H groups in total. The van der Waals surface area contributed by atoms with Gasteiger partial charge in [0.05, 0.1) is 13.7 Å². The number of fused-ring (bicyclic) bond motifs is 1. The molecular formula is C25H21N5O5. The molecule has 5 rings (SSSR count). The van der Waals surface area contributed by atoms with Crippen LogP contribution in [0.1, 0.15) is 16.1 Å². The van der Waals surface area contributed by atoms with Crippen molar-refractivity contribution in [2.45, 2.75) is 12.1 Å². The number of carbonyl (C=O) groups is 3. The second-order valence-corrected chi connectivity index (χ2v) is 8.22. The molecule has 1 aliphatic rings. The molecule has 2 aromatic heterocycles. The first-order chi connectivity index (χ1) is 16.8. The number of nitrogens with two attached hydrogens (primary N) is 1. The fourth-order valence-electron chi connectivity index (χ4n) is 4.28. The van der Waals surface area contributed by atoms with Gasteiger partial charge in [-0.1, -0.05) is 30.3 Å². The first-order valence-electron chi connectivity index (χ1n) is 10.7. The number of aromatic hydroxyl groups is 1. The van der Waals surface area contributed by atoms with Crippen LogP contribution in [0, 0.1) is 0 Å². The molecule has 4 amide bonds. The van der Waals surface area contributed by atoms with Crippen LogP contribution in [0.4, 0.5) is 4.79 Å². The zero-order valence-electron chi connectivity index (χ0n) is 18.6. The Kier molecular flexibility index (Phi) is 5.13. The Labute approximate surface area is 199 Å². The molecule has 0 aliphatic carbocycles. The summed E-state index contributed by atoms with van der Waals surface area (Å²) in [6.45, 7) is -0.0401. The number of ether oxygens (including phenoxy) is 1. The maximum atomic E-state index is 13.0. The molecule has 176 valence electrons. The summed E-state index contributed by atoms with van der Waals surface area (Å²) in [6.07, 6.45) is 3.25. The molecule has 1 saturated heterocycles. The molecule has 0 radical (unpaired) electrons. The van der Waals surface area contributed by atoms with Gasteiger partial charge in [0.2, 0.25) is 0 Å². The number of primary amides is 1. The minimum Gasteiger partial charge on any atom is -0.497 e. The number of methoxy groups -OCH3 is 1. The molecule has 10 nitrogen and oxygen atoms in total. The molecule has 3 heterocycles. The van der Waals surface area contributed by atoms with Gasteiger partial charge in [0.25, 0.3) is 11.8 Å². The molecule has 0 bridgehead atoms. The molecule has 10 heteroatoms. The highest BCUT2D eigenvalue weighted by atomic mass is 16.5. The van der Waals surface area contributed by atoms with Crippen molar-refractivity contribution in [2.24, 2.45) is 5.73 Å². The second-order valence-electron chi connectivity index (χ2n) is 8.22. The molecule has 4 aromatic rings. The molecule has 35 heavy (non-hydrogen) atoms. The summed E-state index contributed by atoms with van der Waals surface area (Å²) in [5, 5.41) is 17.2. The summed E-state index contributed by atoms with van der Waals surface area (Å²) < 4.78 is 6.76. The lowest BCUT2D eigenvalue weighted by atomic mass is 9.88. The van der Waals surface area contributed by atoms with Crippen molar-refractivity contribution in [3.05, 3.63) is 78.2 Å². The molecule has 1 aliphatic heterocycles. The van der Waals surface area contributed by atoms with Crippen molar-refractivity contribution in [3.63, 3.8) is 0 Å². The highest BCUT2D eigenvalue weighted by Gasteiger charge is 2.48. The van der Waals surface area contributed by atoms with Gasteiger partial charge in [0.1, 0.15) is 11.4 Å². The number of urea groups is 1. The third kappa shape index (κ3) is 3.70. The topological polar surface area (TPSA) is 149 Å². The van der Waals surface area contributed by atoms with E-state index < -0.39 is 23.4 Å². The van der Waals surface area contributed by atoms with Crippen molar-refractivity contribution in [3.8, 4) is 22.8 Å². The van der Waals surface area contributed by atoms with Gasteiger partial charge in [-0.15, -0.1) is 0 Å². The Morgan fingerprint density at radius 2 is 1.86 bits per heavy atom. The lowest BCUT2D eigenvalue weighted by molar-refractivity contribution is -0.124. The Morgan fingerprint density at radius 3 is 2.46 bits per heavy atom. The maximum Gasteiger partial charge on any atom is 0.322 e. The molecule has 0 saturated carbocycles. The van der Waals surface area contributed by atoms with Gasteiger partial charge in [0, 0.05) is 28.7 Å². The average Bonchev–Trinajstić information content (AvgIpc) is 3.33. The van der Waals surface area contributed by atoms with E-state index in [1.54, 1.807) is 54.7 Å². The van der Waals surface area contributed by atoms with E-state index in [-0.39, 0.29) is 18.1 Å². The summed E-state index contributed by atoms with van der Waals surface area (Å²) in [4.78, 5) is 40.5. The van der Waals surface area contributed by atoms with Crippen LogP contribution < -0.4 is 21.1 Å². The Morgan fingerprint density at radius 1 is 1.11 bits per heavy atom.